The lowest BCUT2D eigenvalue weighted by Crippen LogP contribution is -2.11. The van der Waals surface area contributed by atoms with Crippen molar-refractivity contribution in [2.75, 3.05) is 0 Å². The van der Waals surface area contributed by atoms with E-state index in [9.17, 15) is 14.7 Å². The van der Waals surface area contributed by atoms with E-state index in [1.54, 1.807) is 6.08 Å². The van der Waals surface area contributed by atoms with Crippen LogP contribution in [0.25, 0.3) is 16.3 Å². The molecule has 0 saturated carbocycles. The predicted octanol–water partition coefficient (Wildman–Crippen LogP) is 2.11. The monoisotopic (exact) mass is 291 g/mol. The minimum atomic E-state index is -1.02. The van der Waals surface area contributed by atoms with Crippen molar-refractivity contribution in [3.05, 3.63) is 27.9 Å². The lowest BCUT2D eigenvalue weighted by Gasteiger charge is -2.01. The smallest absolute Gasteiger partial charge is 0.346 e. The number of aromatic carboxylic acids is 1. The highest BCUT2D eigenvalue weighted by molar-refractivity contribution is 7.20. The van der Waals surface area contributed by atoms with Gasteiger partial charge in [-0.2, -0.15) is 5.10 Å². The van der Waals surface area contributed by atoms with Gasteiger partial charge in [-0.25, -0.2) is 4.79 Å². The van der Waals surface area contributed by atoms with Crippen LogP contribution in [0.4, 0.5) is 0 Å². The summed E-state index contributed by atoms with van der Waals surface area (Å²) in [5.41, 5.74) is 2.18. The highest BCUT2D eigenvalue weighted by Crippen LogP contribution is 2.33. The van der Waals surface area contributed by atoms with Crippen molar-refractivity contribution in [2.24, 2.45) is 0 Å². The van der Waals surface area contributed by atoms with E-state index < -0.39 is 5.97 Å². The molecule has 0 aliphatic heterocycles. The second-order valence-corrected chi connectivity index (χ2v) is 5.27. The molecule has 0 saturated heterocycles. The summed E-state index contributed by atoms with van der Waals surface area (Å²) in [7, 11) is 0. The SMILES string of the molecule is CC(=O)N/C=C/c1c(C(=O)O)sc2nnc(C)c(C)c12. The van der Waals surface area contributed by atoms with Gasteiger partial charge in [0.2, 0.25) is 5.91 Å². The van der Waals surface area contributed by atoms with Gasteiger partial charge < -0.3 is 10.4 Å². The summed E-state index contributed by atoms with van der Waals surface area (Å²) < 4.78 is 0. The van der Waals surface area contributed by atoms with Crippen LogP contribution < -0.4 is 5.32 Å². The third-order valence-electron chi connectivity index (χ3n) is 2.87. The van der Waals surface area contributed by atoms with Gasteiger partial charge in [-0.3, -0.25) is 4.79 Å². The van der Waals surface area contributed by atoms with Gasteiger partial charge in [0.25, 0.3) is 0 Å². The number of hydrogen-bond acceptors (Lipinski definition) is 5. The first-order chi connectivity index (χ1) is 9.41. The van der Waals surface area contributed by atoms with E-state index in [0.717, 1.165) is 28.0 Å². The van der Waals surface area contributed by atoms with E-state index in [4.69, 9.17) is 0 Å². The van der Waals surface area contributed by atoms with Crippen LogP contribution in [-0.2, 0) is 4.79 Å². The maximum atomic E-state index is 11.3. The zero-order valence-electron chi connectivity index (χ0n) is 11.2. The summed E-state index contributed by atoms with van der Waals surface area (Å²) in [5.74, 6) is -1.24. The number of nitrogens with one attached hydrogen (secondary N) is 1. The number of carbonyl (C=O) groups is 2. The molecule has 0 radical (unpaired) electrons. The lowest BCUT2D eigenvalue weighted by molar-refractivity contribution is -0.118. The van der Waals surface area contributed by atoms with E-state index in [1.807, 2.05) is 13.8 Å². The van der Waals surface area contributed by atoms with Crippen molar-refractivity contribution >= 4 is 39.5 Å². The summed E-state index contributed by atoms with van der Waals surface area (Å²) in [4.78, 5) is 23.0. The minimum absolute atomic E-state index is 0.185. The molecule has 2 N–H and O–H groups in total. The van der Waals surface area contributed by atoms with Gasteiger partial charge in [-0.05, 0) is 25.5 Å². The zero-order chi connectivity index (χ0) is 14.9. The Bertz CT molecular complexity index is 734. The maximum Gasteiger partial charge on any atom is 0.346 e. The second-order valence-electron chi connectivity index (χ2n) is 4.27. The topological polar surface area (TPSA) is 92.2 Å². The Hall–Kier alpha value is -2.28. The van der Waals surface area contributed by atoms with Crippen LogP contribution in [0, 0.1) is 13.8 Å². The van der Waals surface area contributed by atoms with Gasteiger partial charge >= 0.3 is 5.97 Å². The molecule has 20 heavy (non-hydrogen) atoms. The Morgan fingerprint density at radius 1 is 1.30 bits per heavy atom. The van der Waals surface area contributed by atoms with Crippen molar-refractivity contribution in [2.45, 2.75) is 20.8 Å². The molecule has 0 fully saturated rings. The van der Waals surface area contributed by atoms with Crippen molar-refractivity contribution in [1.29, 1.82) is 0 Å². The Morgan fingerprint density at radius 3 is 2.60 bits per heavy atom. The van der Waals surface area contributed by atoms with Gasteiger partial charge in [0.05, 0.1) is 5.69 Å². The lowest BCUT2D eigenvalue weighted by atomic mass is 10.1. The van der Waals surface area contributed by atoms with E-state index in [2.05, 4.69) is 15.5 Å². The molecule has 0 atom stereocenters. The molecule has 2 aromatic rings. The molecule has 7 heteroatoms. The van der Waals surface area contributed by atoms with E-state index in [0.29, 0.717) is 10.4 Å². The number of aromatic nitrogens is 2. The third kappa shape index (κ3) is 2.53. The Labute approximate surface area is 119 Å². The molecule has 6 nitrogen and oxygen atoms in total. The predicted molar refractivity (Wildman–Crippen MR) is 76.7 cm³/mol. The average Bonchev–Trinajstić information content (AvgIpc) is 2.73. The molecular formula is C13H13N3O3S. The van der Waals surface area contributed by atoms with Crippen molar-refractivity contribution < 1.29 is 14.7 Å². The molecule has 0 spiro atoms. The van der Waals surface area contributed by atoms with Crippen LogP contribution in [0.3, 0.4) is 0 Å². The number of carboxylic acid groups (broad SMARTS) is 1. The van der Waals surface area contributed by atoms with Gasteiger partial charge in [-0.1, -0.05) is 0 Å². The first-order valence-corrected chi connectivity index (χ1v) is 6.66. The molecule has 2 rings (SSSR count). The van der Waals surface area contributed by atoms with E-state index in [-0.39, 0.29) is 10.8 Å². The summed E-state index contributed by atoms with van der Waals surface area (Å²) in [6, 6.07) is 0. The number of carbonyl (C=O) groups excluding carboxylic acids is 1. The summed E-state index contributed by atoms with van der Waals surface area (Å²) in [6.07, 6.45) is 3.02. The first kappa shape index (κ1) is 14.1. The number of nitrogens with zero attached hydrogens (tertiary/aromatic N) is 2. The summed E-state index contributed by atoms with van der Waals surface area (Å²) in [6.45, 7) is 5.08. The largest absolute Gasteiger partial charge is 0.477 e. The number of hydrogen-bond donors (Lipinski definition) is 2. The summed E-state index contributed by atoms with van der Waals surface area (Å²) >= 11 is 1.08. The van der Waals surface area contributed by atoms with E-state index in [1.165, 1.54) is 13.1 Å². The standard InChI is InChI=1S/C13H13N3O3S/c1-6-7(2)15-16-12-10(6)9(4-5-14-8(3)17)11(20-12)13(18)19/h4-5H,1-3H3,(H,14,17)(H,18,19)/b5-4+. The van der Waals surface area contributed by atoms with Gasteiger partial charge in [0.15, 0.2) is 0 Å². The second kappa shape index (κ2) is 5.38. The van der Waals surface area contributed by atoms with Crippen molar-refractivity contribution in [1.82, 2.24) is 15.5 Å². The number of fused-ring (bicyclic) bond motifs is 1. The molecule has 0 aromatic carbocycles. The Morgan fingerprint density at radius 2 is 2.00 bits per heavy atom. The average molecular weight is 291 g/mol. The molecular weight excluding hydrogens is 278 g/mol. The van der Waals surface area contributed by atoms with Gasteiger partial charge in [0.1, 0.15) is 9.71 Å². The molecule has 2 aromatic heterocycles. The van der Waals surface area contributed by atoms with Gasteiger partial charge in [0, 0.05) is 24.1 Å². The highest BCUT2D eigenvalue weighted by atomic mass is 32.1. The zero-order valence-corrected chi connectivity index (χ0v) is 12.0. The molecule has 1 amide bonds. The molecule has 0 aliphatic rings. The molecule has 0 aliphatic carbocycles. The van der Waals surface area contributed by atoms with Crippen LogP contribution in [0.5, 0.6) is 0 Å². The fraction of sp³-hybridized carbons (Fsp3) is 0.231. The van der Waals surface area contributed by atoms with Crippen molar-refractivity contribution in [3.63, 3.8) is 0 Å². The van der Waals surface area contributed by atoms with Crippen molar-refractivity contribution in [3.8, 4) is 0 Å². The Balaban J connectivity index is 2.67. The molecule has 104 valence electrons. The minimum Gasteiger partial charge on any atom is -0.477 e. The van der Waals surface area contributed by atoms with Crippen LogP contribution in [0.1, 0.15) is 33.4 Å². The highest BCUT2D eigenvalue weighted by Gasteiger charge is 2.19. The number of rotatable bonds is 3. The molecule has 2 heterocycles. The number of thiophene rings is 1. The fourth-order valence-electron chi connectivity index (χ4n) is 1.80. The quantitative estimate of drug-likeness (QED) is 0.903. The summed E-state index contributed by atoms with van der Waals surface area (Å²) in [5, 5.41) is 20.6. The number of carboxylic acids is 1. The third-order valence-corrected chi connectivity index (χ3v) is 3.94. The Kier molecular flexibility index (Phi) is 3.80. The number of aryl methyl sites for hydroxylation is 2. The van der Waals surface area contributed by atoms with Crippen LogP contribution >= 0.6 is 11.3 Å². The molecule has 0 unspecified atom stereocenters. The maximum absolute atomic E-state index is 11.3. The first-order valence-electron chi connectivity index (χ1n) is 5.85. The van der Waals surface area contributed by atoms with Gasteiger partial charge in [-0.15, -0.1) is 16.4 Å². The van der Waals surface area contributed by atoms with E-state index >= 15 is 0 Å². The number of amides is 1. The van der Waals surface area contributed by atoms with Crippen LogP contribution in [-0.4, -0.2) is 27.2 Å². The van der Waals surface area contributed by atoms with Crippen LogP contribution in [0.15, 0.2) is 6.20 Å². The molecule has 0 bridgehead atoms. The van der Waals surface area contributed by atoms with Crippen LogP contribution in [0.2, 0.25) is 0 Å². The fourth-order valence-corrected chi connectivity index (χ4v) is 2.81. The normalized spacial score (nSPS) is 11.2.